The van der Waals surface area contributed by atoms with Gasteiger partial charge < -0.3 is 19.7 Å². The maximum absolute atomic E-state index is 12.4. The fraction of sp³-hybridized carbons (Fsp3) is 0.368. The molecule has 0 aliphatic carbocycles. The SMILES string of the molecule is COc1ccc(N2C[C@H](C(=O)NCCc3cccs3)CC2=O)cc1OC. The van der Waals surface area contributed by atoms with Crippen molar-refractivity contribution < 1.29 is 19.1 Å². The number of rotatable bonds is 7. The summed E-state index contributed by atoms with van der Waals surface area (Å²) in [6.45, 7) is 0.958. The molecule has 26 heavy (non-hydrogen) atoms. The number of carbonyl (C=O) groups is 2. The summed E-state index contributed by atoms with van der Waals surface area (Å²) in [5, 5.41) is 4.96. The predicted molar refractivity (Wildman–Crippen MR) is 101 cm³/mol. The number of methoxy groups -OCH3 is 2. The quantitative estimate of drug-likeness (QED) is 0.808. The molecular weight excluding hydrogens is 352 g/mol. The largest absolute Gasteiger partial charge is 0.493 e. The first-order valence-corrected chi connectivity index (χ1v) is 9.33. The van der Waals surface area contributed by atoms with Gasteiger partial charge in [-0.15, -0.1) is 11.3 Å². The zero-order valence-corrected chi connectivity index (χ0v) is 15.7. The van der Waals surface area contributed by atoms with Gasteiger partial charge >= 0.3 is 0 Å². The van der Waals surface area contributed by atoms with Crippen molar-refractivity contribution >= 4 is 28.8 Å². The molecule has 2 amide bonds. The van der Waals surface area contributed by atoms with Crippen LogP contribution in [0, 0.1) is 5.92 Å². The lowest BCUT2D eigenvalue weighted by molar-refractivity contribution is -0.126. The number of ether oxygens (including phenoxy) is 2. The average molecular weight is 374 g/mol. The van der Waals surface area contributed by atoms with Crippen molar-refractivity contribution in [2.45, 2.75) is 12.8 Å². The lowest BCUT2D eigenvalue weighted by Gasteiger charge is -2.18. The van der Waals surface area contributed by atoms with E-state index in [4.69, 9.17) is 9.47 Å². The van der Waals surface area contributed by atoms with Crippen LogP contribution in [0.2, 0.25) is 0 Å². The standard InChI is InChI=1S/C19H22N2O4S/c1-24-16-6-5-14(11-17(16)25-2)21-12-13(10-18(21)22)19(23)20-8-7-15-4-3-9-26-15/h3-6,9,11,13H,7-8,10,12H2,1-2H3,(H,20,23)/t13-/m1/s1. The van der Waals surface area contributed by atoms with Gasteiger partial charge in [-0.1, -0.05) is 6.07 Å². The van der Waals surface area contributed by atoms with Crippen LogP contribution in [0.15, 0.2) is 35.7 Å². The van der Waals surface area contributed by atoms with Crippen molar-refractivity contribution in [2.24, 2.45) is 5.92 Å². The number of amides is 2. The Bertz CT molecular complexity index is 776. The Kier molecular flexibility index (Phi) is 5.78. The van der Waals surface area contributed by atoms with Gasteiger partial charge in [0.1, 0.15) is 0 Å². The van der Waals surface area contributed by atoms with E-state index in [1.165, 1.54) is 4.88 Å². The van der Waals surface area contributed by atoms with E-state index in [1.807, 2.05) is 11.4 Å². The number of nitrogens with one attached hydrogen (secondary N) is 1. The number of hydrogen-bond acceptors (Lipinski definition) is 5. The van der Waals surface area contributed by atoms with Crippen LogP contribution in [0.25, 0.3) is 0 Å². The normalized spacial score (nSPS) is 16.6. The van der Waals surface area contributed by atoms with E-state index in [1.54, 1.807) is 48.7 Å². The Labute approximate surface area is 156 Å². The van der Waals surface area contributed by atoms with Crippen molar-refractivity contribution in [2.75, 3.05) is 32.2 Å². The molecule has 3 rings (SSSR count). The number of anilines is 1. The van der Waals surface area contributed by atoms with Gasteiger partial charge in [-0.3, -0.25) is 9.59 Å². The summed E-state index contributed by atoms with van der Waals surface area (Å²) in [4.78, 5) is 27.6. The molecule has 7 heteroatoms. The molecule has 1 aliphatic rings. The molecule has 138 valence electrons. The average Bonchev–Trinajstić information content (AvgIpc) is 3.30. The van der Waals surface area contributed by atoms with Crippen LogP contribution in [0.3, 0.4) is 0 Å². The first-order chi connectivity index (χ1) is 12.6. The minimum Gasteiger partial charge on any atom is -0.493 e. The molecule has 1 fully saturated rings. The summed E-state index contributed by atoms with van der Waals surface area (Å²) < 4.78 is 10.5. The Morgan fingerprint density at radius 3 is 2.77 bits per heavy atom. The number of carbonyl (C=O) groups excluding carboxylic acids is 2. The summed E-state index contributed by atoms with van der Waals surface area (Å²) in [6, 6.07) is 9.37. The fourth-order valence-electron chi connectivity index (χ4n) is 3.03. The second kappa shape index (κ2) is 8.23. The van der Waals surface area contributed by atoms with Crippen LogP contribution < -0.4 is 19.7 Å². The van der Waals surface area contributed by atoms with Crippen LogP contribution in [-0.2, 0) is 16.0 Å². The summed E-state index contributed by atoms with van der Waals surface area (Å²) in [6.07, 6.45) is 1.03. The third-order valence-corrected chi connectivity index (χ3v) is 5.36. The first-order valence-electron chi connectivity index (χ1n) is 8.45. The van der Waals surface area contributed by atoms with Crippen LogP contribution >= 0.6 is 11.3 Å². The molecule has 2 heterocycles. The minimum absolute atomic E-state index is 0.0596. The van der Waals surface area contributed by atoms with E-state index in [9.17, 15) is 9.59 Å². The van der Waals surface area contributed by atoms with Crippen molar-refractivity contribution in [3.8, 4) is 11.5 Å². The van der Waals surface area contributed by atoms with Crippen LogP contribution in [-0.4, -0.2) is 39.1 Å². The molecule has 1 aromatic heterocycles. The molecule has 0 spiro atoms. The van der Waals surface area contributed by atoms with Gasteiger partial charge in [0.25, 0.3) is 0 Å². The molecule has 0 saturated carbocycles. The van der Waals surface area contributed by atoms with Crippen molar-refractivity contribution in [1.29, 1.82) is 0 Å². The number of hydrogen-bond donors (Lipinski definition) is 1. The molecule has 1 N–H and O–H groups in total. The Morgan fingerprint density at radius 1 is 1.27 bits per heavy atom. The lowest BCUT2D eigenvalue weighted by Crippen LogP contribution is -2.34. The van der Waals surface area contributed by atoms with Crippen molar-refractivity contribution in [1.82, 2.24) is 5.32 Å². The Hall–Kier alpha value is -2.54. The van der Waals surface area contributed by atoms with Crippen LogP contribution in [0.5, 0.6) is 11.5 Å². The molecule has 1 atom stereocenters. The molecule has 1 aromatic carbocycles. The molecule has 2 aromatic rings. The summed E-state index contributed by atoms with van der Waals surface area (Å²) >= 11 is 1.68. The molecule has 0 unspecified atom stereocenters. The highest BCUT2D eigenvalue weighted by molar-refractivity contribution is 7.09. The zero-order valence-electron chi connectivity index (χ0n) is 14.9. The molecule has 6 nitrogen and oxygen atoms in total. The summed E-state index contributed by atoms with van der Waals surface area (Å²) in [5.74, 6) is 0.694. The zero-order chi connectivity index (χ0) is 18.5. The third-order valence-electron chi connectivity index (χ3n) is 4.43. The second-order valence-corrected chi connectivity index (χ2v) is 7.10. The van der Waals surface area contributed by atoms with Crippen LogP contribution in [0.4, 0.5) is 5.69 Å². The fourth-order valence-corrected chi connectivity index (χ4v) is 3.74. The van der Waals surface area contributed by atoms with Crippen LogP contribution in [0.1, 0.15) is 11.3 Å². The predicted octanol–water partition coefficient (Wildman–Crippen LogP) is 2.48. The third kappa shape index (κ3) is 3.99. The monoisotopic (exact) mass is 374 g/mol. The first kappa shape index (κ1) is 18.3. The molecule has 0 bridgehead atoms. The molecular formula is C19H22N2O4S. The van der Waals surface area contributed by atoms with E-state index in [-0.39, 0.29) is 24.2 Å². The number of nitrogens with zero attached hydrogens (tertiary/aromatic N) is 1. The topological polar surface area (TPSA) is 67.9 Å². The Morgan fingerprint density at radius 2 is 2.08 bits per heavy atom. The maximum atomic E-state index is 12.4. The van der Waals surface area contributed by atoms with Gasteiger partial charge in [-0.05, 0) is 30.0 Å². The van der Waals surface area contributed by atoms with Gasteiger partial charge in [-0.25, -0.2) is 0 Å². The lowest BCUT2D eigenvalue weighted by atomic mass is 10.1. The number of benzene rings is 1. The second-order valence-electron chi connectivity index (χ2n) is 6.07. The molecule has 0 radical (unpaired) electrons. The highest BCUT2D eigenvalue weighted by atomic mass is 32.1. The van der Waals surface area contributed by atoms with Gasteiger partial charge in [0, 0.05) is 36.1 Å². The molecule has 1 saturated heterocycles. The molecule has 1 aliphatic heterocycles. The highest BCUT2D eigenvalue weighted by Gasteiger charge is 2.35. The van der Waals surface area contributed by atoms with Gasteiger partial charge in [0.2, 0.25) is 11.8 Å². The highest BCUT2D eigenvalue weighted by Crippen LogP contribution is 2.34. The van der Waals surface area contributed by atoms with E-state index in [2.05, 4.69) is 11.4 Å². The van der Waals surface area contributed by atoms with Crippen molar-refractivity contribution in [3.05, 3.63) is 40.6 Å². The van der Waals surface area contributed by atoms with Gasteiger partial charge in [0.15, 0.2) is 11.5 Å². The summed E-state index contributed by atoms with van der Waals surface area (Å²) in [7, 11) is 3.12. The smallest absolute Gasteiger partial charge is 0.227 e. The van der Waals surface area contributed by atoms with Gasteiger partial charge in [-0.2, -0.15) is 0 Å². The van der Waals surface area contributed by atoms with E-state index >= 15 is 0 Å². The van der Waals surface area contributed by atoms with E-state index in [0.29, 0.717) is 30.3 Å². The minimum atomic E-state index is -0.334. The van der Waals surface area contributed by atoms with Gasteiger partial charge in [0.05, 0.1) is 20.1 Å². The Balaban J connectivity index is 1.60. The summed E-state index contributed by atoms with van der Waals surface area (Å²) in [5.41, 5.74) is 0.710. The number of thiophene rings is 1. The maximum Gasteiger partial charge on any atom is 0.227 e. The van der Waals surface area contributed by atoms with E-state index < -0.39 is 0 Å². The van der Waals surface area contributed by atoms with E-state index in [0.717, 1.165) is 6.42 Å². The van der Waals surface area contributed by atoms with Crippen molar-refractivity contribution in [3.63, 3.8) is 0 Å².